The molecule has 1 saturated heterocycles. The van der Waals surface area contributed by atoms with Gasteiger partial charge >= 0.3 is 0 Å². The minimum Gasteiger partial charge on any atom is -0.399 e. The van der Waals surface area contributed by atoms with Crippen molar-refractivity contribution >= 4 is 17.5 Å². The van der Waals surface area contributed by atoms with Gasteiger partial charge in [0.2, 0.25) is 0 Å². The lowest BCUT2D eigenvalue weighted by Crippen LogP contribution is -2.24. The topological polar surface area (TPSA) is 123 Å². The fraction of sp³-hybridized carbons (Fsp3) is 0.211. The number of benzene rings is 1. The molecular weight excluding hydrogens is 332 g/mol. The molecule has 1 aromatic carbocycles. The molecule has 0 unspecified atom stereocenters. The zero-order valence-electron chi connectivity index (χ0n) is 14.3. The molecule has 2 amide bonds. The molecule has 2 heterocycles. The number of aromatic nitrogens is 1. The second kappa shape index (κ2) is 8.14. The second-order valence-corrected chi connectivity index (χ2v) is 5.82. The van der Waals surface area contributed by atoms with Crippen molar-refractivity contribution in [1.82, 2.24) is 9.88 Å². The van der Waals surface area contributed by atoms with E-state index in [1.165, 1.54) is 11.0 Å². The van der Waals surface area contributed by atoms with Crippen LogP contribution in [0, 0.1) is 12.3 Å². The van der Waals surface area contributed by atoms with E-state index in [1.807, 2.05) is 18.2 Å². The van der Waals surface area contributed by atoms with Crippen LogP contribution in [0.2, 0.25) is 0 Å². The van der Waals surface area contributed by atoms with Crippen molar-refractivity contribution in [2.75, 3.05) is 19.3 Å². The Morgan fingerprint density at radius 1 is 1.38 bits per heavy atom. The number of amides is 2. The number of aliphatic hydroxyl groups is 1. The van der Waals surface area contributed by atoms with Gasteiger partial charge in [0.1, 0.15) is 11.8 Å². The molecule has 1 aliphatic heterocycles. The lowest BCUT2D eigenvalue weighted by molar-refractivity contribution is -0.133. The van der Waals surface area contributed by atoms with E-state index < -0.39 is 12.0 Å². The normalized spacial score (nSPS) is 15.8. The Balaban J connectivity index is 0.000000254. The summed E-state index contributed by atoms with van der Waals surface area (Å²) in [5.74, 6) is 1.78. The molecule has 0 saturated carbocycles. The van der Waals surface area contributed by atoms with Gasteiger partial charge in [0.15, 0.2) is 0 Å². The Hall–Kier alpha value is -3.37. The number of hydrogen-bond acceptors (Lipinski definition) is 5. The van der Waals surface area contributed by atoms with Crippen LogP contribution in [0.15, 0.2) is 36.4 Å². The van der Waals surface area contributed by atoms with Crippen LogP contribution in [0.4, 0.5) is 5.69 Å². The maximum absolute atomic E-state index is 11.1. The fourth-order valence-corrected chi connectivity index (χ4v) is 2.40. The number of rotatable bonds is 2. The van der Waals surface area contributed by atoms with Gasteiger partial charge in [-0.15, -0.1) is 6.42 Å². The van der Waals surface area contributed by atoms with Crippen molar-refractivity contribution in [2.24, 2.45) is 5.73 Å². The molecule has 1 fully saturated rings. The summed E-state index contributed by atoms with van der Waals surface area (Å²) in [6.45, 7) is 0.694. The highest BCUT2D eigenvalue weighted by molar-refractivity contribution is 5.92. The number of terminal acetylenes is 1. The van der Waals surface area contributed by atoms with Gasteiger partial charge in [0.05, 0.1) is 5.69 Å². The lowest BCUT2D eigenvalue weighted by atomic mass is 10.1. The number of likely N-dealkylation sites (N-methyl/N-ethyl adjacent to an activating group) is 1. The summed E-state index contributed by atoms with van der Waals surface area (Å²) in [5.41, 5.74) is 13.6. The molecule has 0 bridgehead atoms. The van der Waals surface area contributed by atoms with E-state index >= 15 is 0 Å². The third kappa shape index (κ3) is 4.59. The largest absolute Gasteiger partial charge is 0.399 e. The highest BCUT2D eigenvalue weighted by atomic mass is 16.3. The van der Waals surface area contributed by atoms with E-state index in [0.717, 1.165) is 11.1 Å². The van der Waals surface area contributed by atoms with Crippen LogP contribution >= 0.6 is 0 Å². The van der Waals surface area contributed by atoms with Crippen molar-refractivity contribution < 1.29 is 14.7 Å². The molecule has 26 heavy (non-hydrogen) atoms. The molecule has 0 radical (unpaired) electrons. The zero-order valence-corrected chi connectivity index (χ0v) is 14.3. The first-order valence-corrected chi connectivity index (χ1v) is 7.89. The molecule has 1 aromatic heterocycles. The van der Waals surface area contributed by atoms with Gasteiger partial charge in [-0.05, 0) is 30.7 Å². The summed E-state index contributed by atoms with van der Waals surface area (Å²) in [5, 5.41) is 8.78. The predicted octanol–water partition coefficient (Wildman–Crippen LogP) is 0.620. The molecule has 0 aliphatic carbocycles. The summed E-state index contributed by atoms with van der Waals surface area (Å²) in [4.78, 5) is 27.4. The molecule has 1 aliphatic rings. The highest BCUT2D eigenvalue weighted by Gasteiger charge is 2.25. The summed E-state index contributed by atoms with van der Waals surface area (Å²) in [6, 6.07) is 10.4. The maximum atomic E-state index is 11.1. The highest BCUT2D eigenvalue weighted by Crippen LogP contribution is 2.21. The van der Waals surface area contributed by atoms with Crippen molar-refractivity contribution in [3.63, 3.8) is 0 Å². The van der Waals surface area contributed by atoms with Gasteiger partial charge in [-0.25, -0.2) is 4.98 Å². The van der Waals surface area contributed by atoms with E-state index in [9.17, 15) is 9.59 Å². The molecule has 7 nitrogen and oxygen atoms in total. The first-order valence-electron chi connectivity index (χ1n) is 7.89. The minimum absolute atomic E-state index is 0.135. The molecule has 7 heteroatoms. The van der Waals surface area contributed by atoms with Gasteiger partial charge in [-0.3, -0.25) is 9.59 Å². The molecule has 134 valence electrons. The first-order chi connectivity index (χ1) is 12.3. The van der Waals surface area contributed by atoms with Gasteiger partial charge in [0, 0.05) is 30.4 Å². The Morgan fingerprint density at radius 3 is 2.62 bits per heavy atom. The predicted molar refractivity (Wildman–Crippen MR) is 98.8 cm³/mol. The number of aliphatic hydroxyl groups excluding tert-OH is 1. The Bertz CT molecular complexity index is 861. The summed E-state index contributed by atoms with van der Waals surface area (Å²) in [6.07, 6.45) is 5.21. The van der Waals surface area contributed by atoms with Gasteiger partial charge in [0.25, 0.3) is 11.8 Å². The van der Waals surface area contributed by atoms with Gasteiger partial charge < -0.3 is 21.5 Å². The van der Waals surface area contributed by atoms with Crippen LogP contribution in [0.3, 0.4) is 0 Å². The van der Waals surface area contributed by atoms with Gasteiger partial charge in [-0.2, -0.15) is 0 Å². The van der Waals surface area contributed by atoms with Crippen LogP contribution in [0.5, 0.6) is 0 Å². The third-order valence-corrected chi connectivity index (χ3v) is 3.82. The standard InChI is InChI=1S/C14H11N3O.C5H9NO2/c1-2-9-4-3-5-10(6-9)12-7-11(15)8-13(17-12)14(16)18;1-6-3-2-4(7)5(6)8/h1,3-8H,(H2,15,17)(H2,16,18);4,7H,2-3H2,1H3/t;4-/m.0/s1. The van der Waals surface area contributed by atoms with E-state index in [0.29, 0.717) is 24.3 Å². The fourth-order valence-electron chi connectivity index (χ4n) is 2.40. The third-order valence-electron chi connectivity index (χ3n) is 3.82. The molecular formula is C19H20N4O3. The number of pyridine rings is 1. The van der Waals surface area contributed by atoms with Crippen molar-refractivity contribution in [3.8, 4) is 23.6 Å². The average Bonchev–Trinajstić information content (AvgIpc) is 2.92. The molecule has 2 aromatic rings. The van der Waals surface area contributed by atoms with Crippen LogP contribution in [0.1, 0.15) is 22.5 Å². The summed E-state index contributed by atoms with van der Waals surface area (Å²) >= 11 is 0. The number of hydrogen-bond donors (Lipinski definition) is 3. The number of anilines is 1. The molecule has 3 rings (SSSR count). The van der Waals surface area contributed by atoms with Crippen LogP contribution < -0.4 is 11.5 Å². The number of nitrogen functional groups attached to an aromatic ring is 1. The van der Waals surface area contributed by atoms with E-state index in [4.69, 9.17) is 23.0 Å². The molecule has 5 N–H and O–H groups in total. The Morgan fingerprint density at radius 2 is 2.12 bits per heavy atom. The van der Waals surface area contributed by atoms with E-state index in [1.54, 1.807) is 19.2 Å². The average molecular weight is 352 g/mol. The smallest absolute Gasteiger partial charge is 0.267 e. The number of primary amides is 1. The number of carbonyl (C=O) groups excluding carboxylic acids is 2. The number of likely N-dealkylation sites (tertiary alicyclic amines) is 1. The maximum Gasteiger partial charge on any atom is 0.267 e. The van der Waals surface area contributed by atoms with Crippen molar-refractivity contribution in [3.05, 3.63) is 47.7 Å². The van der Waals surface area contributed by atoms with E-state index in [2.05, 4.69) is 10.9 Å². The van der Waals surface area contributed by atoms with Crippen LogP contribution in [0.25, 0.3) is 11.3 Å². The van der Waals surface area contributed by atoms with Crippen LogP contribution in [-0.4, -0.2) is 46.5 Å². The van der Waals surface area contributed by atoms with Gasteiger partial charge in [-0.1, -0.05) is 18.1 Å². The first kappa shape index (κ1) is 19.0. The summed E-state index contributed by atoms with van der Waals surface area (Å²) < 4.78 is 0. The zero-order chi connectivity index (χ0) is 19.3. The van der Waals surface area contributed by atoms with Crippen molar-refractivity contribution in [2.45, 2.75) is 12.5 Å². The SMILES string of the molecule is C#Cc1cccc(-c2cc(N)cc(C(N)=O)n2)c1.CN1CC[C@H](O)C1=O. The number of nitrogens with zero attached hydrogens (tertiary/aromatic N) is 2. The molecule has 1 atom stereocenters. The minimum atomic E-state index is -0.722. The second-order valence-electron chi connectivity index (χ2n) is 5.82. The Kier molecular flexibility index (Phi) is 5.94. The summed E-state index contributed by atoms with van der Waals surface area (Å²) in [7, 11) is 1.69. The Labute approximate surface area is 151 Å². The van der Waals surface area contributed by atoms with Crippen LogP contribution in [-0.2, 0) is 4.79 Å². The number of nitrogens with two attached hydrogens (primary N) is 2. The van der Waals surface area contributed by atoms with Crippen molar-refractivity contribution in [1.29, 1.82) is 0 Å². The molecule has 0 spiro atoms. The quantitative estimate of drug-likeness (QED) is 0.684. The van der Waals surface area contributed by atoms with E-state index in [-0.39, 0.29) is 11.6 Å². The monoisotopic (exact) mass is 352 g/mol. The lowest BCUT2D eigenvalue weighted by Gasteiger charge is -2.05. The number of carbonyl (C=O) groups is 2.